The number of amides is 3. The third-order valence-corrected chi connectivity index (χ3v) is 7.21. The first-order chi connectivity index (χ1) is 17.5. The minimum Gasteiger partial charge on any atom is -0.380 e. The second kappa shape index (κ2) is 12.3. The Labute approximate surface area is 215 Å². The van der Waals surface area contributed by atoms with E-state index in [4.69, 9.17) is 9.47 Å². The second-order valence-corrected chi connectivity index (χ2v) is 9.70. The molecule has 1 atom stereocenters. The molecule has 0 saturated carbocycles. The number of nitrogens with one attached hydrogen (secondary N) is 2. The van der Waals surface area contributed by atoms with Gasteiger partial charge in [0.05, 0.1) is 37.0 Å². The average molecular weight is 516 g/mol. The van der Waals surface area contributed by atoms with Crippen molar-refractivity contribution < 1.29 is 23.9 Å². The number of carbonyl (C=O) groups excluding carboxylic acids is 3. The molecule has 1 aromatic carbocycles. The second-order valence-electron chi connectivity index (χ2n) is 8.87. The van der Waals surface area contributed by atoms with E-state index in [-0.39, 0.29) is 30.2 Å². The molecule has 0 unspecified atom stereocenters. The lowest BCUT2D eigenvalue weighted by molar-refractivity contribution is -0.134. The third-order valence-electron chi connectivity index (χ3n) is 6.31. The van der Waals surface area contributed by atoms with Gasteiger partial charge in [-0.2, -0.15) is 0 Å². The van der Waals surface area contributed by atoms with Crippen LogP contribution in [0.25, 0.3) is 0 Å². The number of rotatable bonds is 9. The molecule has 2 N–H and O–H groups in total. The lowest BCUT2D eigenvalue weighted by atomic mass is 10.0. The average Bonchev–Trinajstić information content (AvgIpc) is 3.58. The van der Waals surface area contributed by atoms with Gasteiger partial charge in [0.2, 0.25) is 5.91 Å². The van der Waals surface area contributed by atoms with Crippen LogP contribution in [-0.4, -0.2) is 86.8 Å². The number of carbonyl (C=O) groups is 3. The first-order valence-electron chi connectivity index (χ1n) is 12.3. The van der Waals surface area contributed by atoms with Crippen LogP contribution < -0.4 is 15.5 Å². The number of hydrogen-bond acceptors (Lipinski definition) is 8. The Bertz CT molecular complexity index is 1080. The number of thiazole rings is 1. The van der Waals surface area contributed by atoms with Crippen molar-refractivity contribution in [2.24, 2.45) is 0 Å². The molecule has 0 spiro atoms. The molecular formula is C25H33N5O5S. The molecule has 36 heavy (non-hydrogen) atoms. The maximum atomic E-state index is 13.0. The van der Waals surface area contributed by atoms with Gasteiger partial charge >= 0.3 is 0 Å². The van der Waals surface area contributed by atoms with Crippen LogP contribution in [0.5, 0.6) is 0 Å². The molecule has 11 heteroatoms. The van der Waals surface area contributed by atoms with Crippen molar-refractivity contribution in [2.45, 2.75) is 32.3 Å². The molecule has 1 aromatic heterocycles. The molecule has 194 valence electrons. The molecule has 2 aliphatic rings. The third kappa shape index (κ3) is 6.40. The SMILES string of the molecule is CCCNC(=O)c1cc(CC(=O)N2CCOCC2)ccc1NC(=O)c1csc(N2CC[C@H](OC)C2)n1. The van der Waals surface area contributed by atoms with Crippen LogP contribution in [0, 0.1) is 0 Å². The van der Waals surface area contributed by atoms with Gasteiger partial charge in [-0.1, -0.05) is 13.0 Å². The Morgan fingerprint density at radius 1 is 1.19 bits per heavy atom. The molecule has 0 bridgehead atoms. The van der Waals surface area contributed by atoms with E-state index in [1.54, 1.807) is 35.6 Å². The highest BCUT2D eigenvalue weighted by atomic mass is 32.1. The fourth-order valence-electron chi connectivity index (χ4n) is 4.23. The first kappa shape index (κ1) is 26.1. The molecule has 2 fully saturated rings. The van der Waals surface area contributed by atoms with Crippen LogP contribution in [0.15, 0.2) is 23.6 Å². The zero-order chi connectivity index (χ0) is 25.5. The number of morpholine rings is 1. The van der Waals surface area contributed by atoms with E-state index in [0.29, 0.717) is 55.4 Å². The topological polar surface area (TPSA) is 113 Å². The van der Waals surface area contributed by atoms with Gasteiger partial charge < -0.3 is 29.9 Å². The van der Waals surface area contributed by atoms with E-state index >= 15 is 0 Å². The monoisotopic (exact) mass is 515 g/mol. The van der Waals surface area contributed by atoms with Gasteiger partial charge in [0.15, 0.2) is 5.13 Å². The summed E-state index contributed by atoms with van der Waals surface area (Å²) in [5, 5.41) is 8.20. The van der Waals surface area contributed by atoms with Crippen LogP contribution in [0.4, 0.5) is 10.8 Å². The van der Waals surface area contributed by atoms with Gasteiger partial charge in [0, 0.05) is 45.2 Å². The molecular weight excluding hydrogens is 482 g/mol. The zero-order valence-electron chi connectivity index (χ0n) is 20.7. The summed E-state index contributed by atoms with van der Waals surface area (Å²) in [6.07, 6.45) is 2.05. The van der Waals surface area contributed by atoms with Crippen molar-refractivity contribution in [2.75, 3.05) is 63.3 Å². The summed E-state index contributed by atoms with van der Waals surface area (Å²) >= 11 is 1.41. The molecule has 4 rings (SSSR count). The van der Waals surface area contributed by atoms with Crippen molar-refractivity contribution >= 4 is 39.9 Å². The molecule has 3 heterocycles. The molecule has 3 amide bonds. The van der Waals surface area contributed by atoms with E-state index in [2.05, 4.69) is 20.5 Å². The van der Waals surface area contributed by atoms with E-state index in [0.717, 1.165) is 31.1 Å². The highest BCUT2D eigenvalue weighted by Crippen LogP contribution is 2.26. The molecule has 0 aliphatic carbocycles. The number of ether oxygens (including phenoxy) is 2. The highest BCUT2D eigenvalue weighted by Gasteiger charge is 2.26. The predicted molar refractivity (Wildman–Crippen MR) is 138 cm³/mol. The standard InChI is InChI=1S/C25H33N5O5S/c1-3-7-26-23(32)19-13-17(14-22(31)29-9-11-35-12-10-29)4-5-20(19)27-24(33)21-16-36-25(28-21)30-8-6-18(15-30)34-2/h4-5,13,16,18H,3,6-12,14-15H2,1-2H3,(H,26,32)(H,27,33)/t18-/m0/s1. The largest absolute Gasteiger partial charge is 0.380 e. The van der Waals surface area contributed by atoms with Crippen LogP contribution in [0.1, 0.15) is 46.2 Å². The summed E-state index contributed by atoms with van der Waals surface area (Å²) in [6, 6.07) is 5.13. The Kier molecular flexibility index (Phi) is 8.89. The summed E-state index contributed by atoms with van der Waals surface area (Å²) in [7, 11) is 1.70. The molecule has 0 radical (unpaired) electrons. The highest BCUT2D eigenvalue weighted by molar-refractivity contribution is 7.14. The fraction of sp³-hybridized carbons (Fsp3) is 0.520. The number of methoxy groups -OCH3 is 1. The quantitative estimate of drug-likeness (QED) is 0.526. The fourth-order valence-corrected chi connectivity index (χ4v) is 5.07. The summed E-state index contributed by atoms with van der Waals surface area (Å²) in [5.74, 6) is -0.696. The number of benzene rings is 1. The predicted octanol–water partition coefficient (Wildman–Crippen LogP) is 2.16. The van der Waals surface area contributed by atoms with Gasteiger partial charge in [-0.15, -0.1) is 11.3 Å². The van der Waals surface area contributed by atoms with Crippen LogP contribution in [0.3, 0.4) is 0 Å². The van der Waals surface area contributed by atoms with E-state index < -0.39 is 0 Å². The van der Waals surface area contributed by atoms with Crippen molar-refractivity contribution in [1.29, 1.82) is 0 Å². The van der Waals surface area contributed by atoms with Crippen molar-refractivity contribution in [3.05, 3.63) is 40.4 Å². The number of hydrogen-bond donors (Lipinski definition) is 2. The molecule has 10 nitrogen and oxygen atoms in total. The molecule has 2 saturated heterocycles. The minimum absolute atomic E-state index is 0.0115. The van der Waals surface area contributed by atoms with Crippen molar-refractivity contribution in [3.63, 3.8) is 0 Å². The maximum absolute atomic E-state index is 13.0. The Hall–Kier alpha value is -3.02. The maximum Gasteiger partial charge on any atom is 0.275 e. The summed E-state index contributed by atoms with van der Waals surface area (Å²) in [4.78, 5) is 47.0. The van der Waals surface area contributed by atoms with Crippen molar-refractivity contribution in [3.8, 4) is 0 Å². The number of anilines is 2. The van der Waals surface area contributed by atoms with E-state index in [1.165, 1.54) is 11.3 Å². The van der Waals surface area contributed by atoms with Crippen LogP contribution >= 0.6 is 11.3 Å². The van der Waals surface area contributed by atoms with Crippen LogP contribution in [0.2, 0.25) is 0 Å². The molecule has 2 aliphatic heterocycles. The van der Waals surface area contributed by atoms with E-state index in [9.17, 15) is 14.4 Å². The van der Waals surface area contributed by atoms with Gasteiger partial charge in [-0.25, -0.2) is 4.98 Å². The number of nitrogens with zero attached hydrogens (tertiary/aromatic N) is 3. The Balaban J connectivity index is 1.48. The van der Waals surface area contributed by atoms with E-state index in [1.807, 2.05) is 6.92 Å². The Morgan fingerprint density at radius 2 is 2.00 bits per heavy atom. The summed E-state index contributed by atoms with van der Waals surface area (Å²) in [5.41, 5.74) is 1.71. The smallest absolute Gasteiger partial charge is 0.275 e. The normalized spacial score (nSPS) is 17.8. The van der Waals surface area contributed by atoms with Crippen LogP contribution in [-0.2, 0) is 20.7 Å². The van der Waals surface area contributed by atoms with Gasteiger partial charge in [-0.3, -0.25) is 14.4 Å². The zero-order valence-corrected chi connectivity index (χ0v) is 21.6. The lowest BCUT2D eigenvalue weighted by Crippen LogP contribution is -2.41. The summed E-state index contributed by atoms with van der Waals surface area (Å²) < 4.78 is 10.7. The van der Waals surface area contributed by atoms with Gasteiger partial charge in [0.25, 0.3) is 11.8 Å². The van der Waals surface area contributed by atoms with Gasteiger partial charge in [0.1, 0.15) is 5.69 Å². The first-order valence-corrected chi connectivity index (χ1v) is 13.2. The summed E-state index contributed by atoms with van der Waals surface area (Å²) in [6.45, 7) is 6.25. The lowest BCUT2D eigenvalue weighted by Gasteiger charge is -2.27. The number of aromatic nitrogens is 1. The Morgan fingerprint density at radius 3 is 2.72 bits per heavy atom. The molecule has 2 aromatic rings. The minimum atomic E-state index is -0.387. The van der Waals surface area contributed by atoms with Crippen molar-refractivity contribution in [1.82, 2.24) is 15.2 Å². The van der Waals surface area contributed by atoms with Gasteiger partial charge in [-0.05, 0) is 30.5 Å².